The number of halogens is 1. The Labute approximate surface area is 163 Å². The van der Waals surface area contributed by atoms with Crippen molar-refractivity contribution in [3.63, 3.8) is 0 Å². The van der Waals surface area contributed by atoms with Crippen molar-refractivity contribution in [2.75, 3.05) is 50.1 Å². The molecule has 5 nitrogen and oxygen atoms in total. The smallest absolute Gasteiger partial charge is 0.279 e. The Bertz CT molecular complexity index is 773. The number of carbonyl (C=O) groups is 1. The zero-order valence-corrected chi connectivity index (χ0v) is 16.8. The molecule has 1 heterocycles. The van der Waals surface area contributed by atoms with Crippen LogP contribution in [0.3, 0.4) is 0 Å². The van der Waals surface area contributed by atoms with Gasteiger partial charge in [-0.3, -0.25) is 4.79 Å². The molecule has 1 saturated heterocycles. The van der Waals surface area contributed by atoms with Crippen LogP contribution in [0.2, 0.25) is 0 Å². The third-order valence-corrected chi connectivity index (χ3v) is 5.61. The van der Waals surface area contributed by atoms with E-state index in [0.29, 0.717) is 6.54 Å². The van der Waals surface area contributed by atoms with Crippen molar-refractivity contribution >= 4 is 33.2 Å². The lowest BCUT2D eigenvalue weighted by Crippen LogP contribution is -3.15. The van der Waals surface area contributed by atoms with E-state index in [-0.39, 0.29) is 5.91 Å². The highest BCUT2D eigenvalue weighted by molar-refractivity contribution is 9.10. The summed E-state index contributed by atoms with van der Waals surface area (Å²) in [6, 6.07) is 14.0. The molecule has 6 heteroatoms. The van der Waals surface area contributed by atoms with Crippen molar-refractivity contribution in [3.8, 4) is 5.75 Å². The van der Waals surface area contributed by atoms with Gasteiger partial charge in [0.15, 0.2) is 6.54 Å². The number of piperazine rings is 1. The van der Waals surface area contributed by atoms with Crippen molar-refractivity contribution in [3.05, 3.63) is 52.5 Å². The van der Waals surface area contributed by atoms with Crippen LogP contribution < -0.4 is 19.9 Å². The molecule has 0 aromatic heterocycles. The summed E-state index contributed by atoms with van der Waals surface area (Å²) in [5.74, 6) is 0.937. The molecule has 0 aliphatic carbocycles. The number of amides is 1. The lowest BCUT2D eigenvalue weighted by atomic mass is 10.2. The molecule has 2 N–H and O–H groups in total. The number of quaternary nitrogens is 1. The normalized spacial score (nSPS) is 15.0. The van der Waals surface area contributed by atoms with Crippen LogP contribution in [0.15, 0.2) is 46.9 Å². The monoisotopic (exact) mass is 418 g/mol. The molecule has 0 saturated carbocycles. The number of anilines is 2. The first-order valence-electron chi connectivity index (χ1n) is 8.84. The van der Waals surface area contributed by atoms with E-state index in [4.69, 9.17) is 4.74 Å². The van der Waals surface area contributed by atoms with Gasteiger partial charge in [0.1, 0.15) is 5.75 Å². The highest BCUT2D eigenvalue weighted by atomic mass is 79.9. The summed E-state index contributed by atoms with van der Waals surface area (Å²) in [5, 5.41) is 3.00. The number of hydrogen-bond donors (Lipinski definition) is 2. The zero-order chi connectivity index (χ0) is 18.5. The number of nitrogens with one attached hydrogen (secondary N) is 2. The lowest BCUT2D eigenvalue weighted by molar-refractivity contribution is -0.892. The zero-order valence-electron chi connectivity index (χ0n) is 15.2. The summed E-state index contributed by atoms with van der Waals surface area (Å²) >= 11 is 3.50. The Morgan fingerprint density at radius 1 is 1.23 bits per heavy atom. The quantitative estimate of drug-likeness (QED) is 0.781. The van der Waals surface area contributed by atoms with Crippen molar-refractivity contribution in [1.29, 1.82) is 0 Å². The molecule has 2 aromatic carbocycles. The number of rotatable bonds is 5. The Morgan fingerprint density at radius 3 is 2.69 bits per heavy atom. The van der Waals surface area contributed by atoms with Gasteiger partial charge in [-0.25, -0.2) is 0 Å². The SMILES string of the molecule is COc1cccc(N2CC[NH+](CC(=O)Nc3ccc(C)c(Br)c3)CC2)c1. The fraction of sp³-hybridized carbons (Fsp3) is 0.350. The van der Waals surface area contributed by atoms with Crippen molar-refractivity contribution in [1.82, 2.24) is 0 Å². The Kier molecular flexibility index (Phi) is 6.16. The molecule has 1 aliphatic heterocycles. The van der Waals surface area contributed by atoms with Crippen LogP contribution in [0.1, 0.15) is 5.56 Å². The van der Waals surface area contributed by atoms with Crippen LogP contribution in [0.25, 0.3) is 0 Å². The molecule has 0 bridgehead atoms. The van der Waals surface area contributed by atoms with Gasteiger partial charge < -0.3 is 19.9 Å². The van der Waals surface area contributed by atoms with E-state index in [2.05, 4.69) is 38.3 Å². The molecular formula is C20H25BrN3O2+. The maximum absolute atomic E-state index is 12.3. The Morgan fingerprint density at radius 2 is 2.00 bits per heavy atom. The Balaban J connectivity index is 1.50. The number of nitrogens with zero attached hydrogens (tertiary/aromatic N) is 1. The standard InChI is InChI=1S/C20H24BrN3O2/c1-15-6-7-16(12-19(15)21)22-20(25)14-23-8-10-24(11-9-23)17-4-3-5-18(13-17)26-2/h3-7,12-13H,8-11,14H2,1-2H3,(H,22,25)/p+1. The first-order valence-corrected chi connectivity index (χ1v) is 9.63. The van der Waals surface area contributed by atoms with Crippen LogP contribution in [0, 0.1) is 6.92 Å². The van der Waals surface area contributed by atoms with Gasteiger partial charge in [-0.1, -0.05) is 28.1 Å². The highest BCUT2D eigenvalue weighted by Gasteiger charge is 2.22. The largest absolute Gasteiger partial charge is 0.497 e. The topological polar surface area (TPSA) is 46.0 Å². The summed E-state index contributed by atoms with van der Waals surface area (Å²) in [4.78, 5) is 16.0. The molecule has 0 spiro atoms. The molecule has 1 fully saturated rings. The van der Waals surface area contributed by atoms with Crippen molar-refractivity contribution < 1.29 is 14.4 Å². The fourth-order valence-corrected chi connectivity index (χ4v) is 3.55. The van der Waals surface area contributed by atoms with Gasteiger partial charge >= 0.3 is 0 Å². The molecule has 26 heavy (non-hydrogen) atoms. The molecule has 1 amide bonds. The molecule has 2 aromatic rings. The third kappa shape index (κ3) is 4.77. The van der Waals surface area contributed by atoms with Crippen LogP contribution in [-0.4, -0.2) is 45.7 Å². The van der Waals surface area contributed by atoms with Gasteiger partial charge in [-0.05, 0) is 36.8 Å². The van der Waals surface area contributed by atoms with Gasteiger partial charge in [-0.15, -0.1) is 0 Å². The molecule has 0 unspecified atom stereocenters. The number of carbonyl (C=O) groups excluding carboxylic acids is 1. The molecule has 0 atom stereocenters. The predicted octanol–water partition coefficient (Wildman–Crippen LogP) is 2.11. The minimum atomic E-state index is 0.0607. The number of methoxy groups -OCH3 is 1. The average Bonchev–Trinajstić information content (AvgIpc) is 2.65. The summed E-state index contributed by atoms with van der Waals surface area (Å²) < 4.78 is 6.31. The number of benzene rings is 2. The maximum atomic E-state index is 12.3. The highest BCUT2D eigenvalue weighted by Crippen LogP contribution is 2.21. The number of ether oxygens (including phenoxy) is 1. The summed E-state index contributed by atoms with van der Waals surface area (Å²) in [6.07, 6.45) is 0. The van der Waals surface area contributed by atoms with Gasteiger partial charge in [0.05, 0.1) is 33.3 Å². The van der Waals surface area contributed by atoms with Crippen LogP contribution in [-0.2, 0) is 4.79 Å². The average molecular weight is 419 g/mol. The van der Waals surface area contributed by atoms with Gasteiger partial charge in [0.25, 0.3) is 5.91 Å². The van der Waals surface area contributed by atoms with Crippen LogP contribution in [0.5, 0.6) is 5.75 Å². The second-order valence-corrected chi connectivity index (χ2v) is 7.48. The van der Waals surface area contributed by atoms with Crippen molar-refractivity contribution in [2.45, 2.75) is 6.92 Å². The molecular weight excluding hydrogens is 394 g/mol. The number of aryl methyl sites for hydroxylation is 1. The first kappa shape index (κ1) is 18.7. The molecule has 138 valence electrons. The van der Waals surface area contributed by atoms with Gasteiger partial charge in [0, 0.05) is 21.9 Å². The van der Waals surface area contributed by atoms with E-state index in [1.165, 1.54) is 10.6 Å². The van der Waals surface area contributed by atoms with Gasteiger partial charge in [-0.2, -0.15) is 0 Å². The maximum Gasteiger partial charge on any atom is 0.279 e. The van der Waals surface area contributed by atoms with Crippen LogP contribution >= 0.6 is 15.9 Å². The van der Waals surface area contributed by atoms with E-state index < -0.39 is 0 Å². The van der Waals surface area contributed by atoms with Gasteiger partial charge in [0.2, 0.25) is 0 Å². The first-order chi connectivity index (χ1) is 12.5. The lowest BCUT2D eigenvalue weighted by Gasteiger charge is -2.33. The van der Waals surface area contributed by atoms with E-state index >= 15 is 0 Å². The van der Waals surface area contributed by atoms with E-state index in [1.54, 1.807) is 7.11 Å². The second kappa shape index (κ2) is 8.56. The number of hydrogen-bond acceptors (Lipinski definition) is 3. The van der Waals surface area contributed by atoms with Crippen molar-refractivity contribution in [2.24, 2.45) is 0 Å². The molecule has 0 radical (unpaired) electrons. The minimum Gasteiger partial charge on any atom is -0.497 e. The third-order valence-electron chi connectivity index (χ3n) is 4.76. The molecule has 3 rings (SSSR count). The second-order valence-electron chi connectivity index (χ2n) is 6.63. The predicted molar refractivity (Wildman–Crippen MR) is 108 cm³/mol. The summed E-state index contributed by atoms with van der Waals surface area (Å²) in [7, 11) is 1.69. The summed E-state index contributed by atoms with van der Waals surface area (Å²) in [6.45, 7) is 6.29. The Hall–Kier alpha value is -2.05. The summed E-state index contributed by atoms with van der Waals surface area (Å²) in [5.41, 5.74) is 3.17. The van der Waals surface area contributed by atoms with E-state index in [0.717, 1.165) is 47.7 Å². The fourth-order valence-electron chi connectivity index (χ4n) is 3.17. The molecule has 1 aliphatic rings. The van der Waals surface area contributed by atoms with E-state index in [9.17, 15) is 4.79 Å². The van der Waals surface area contributed by atoms with Crippen LogP contribution in [0.4, 0.5) is 11.4 Å². The minimum absolute atomic E-state index is 0.0607. The van der Waals surface area contributed by atoms with E-state index in [1.807, 2.05) is 37.3 Å².